The van der Waals surface area contributed by atoms with Crippen molar-refractivity contribution in [2.24, 2.45) is 0 Å². The third kappa shape index (κ3) is 3.37. The summed E-state index contributed by atoms with van der Waals surface area (Å²) in [7, 11) is 4.59. The largest absolute Gasteiger partial charge is 0.468 e. The van der Waals surface area contributed by atoms with Crippen LogP contribution in [0.3, 0.4) is 0 Å². The van der Waals surface area contributed by atoms with E-state index in [2.05, 4.69) is 4.90 Å². The molecule has 0 radical (unpaired) electrons. The van der Waals surface area contributed by atoms with Crippen LogP contribution in [0.5, 0.6) is 0 Å². The molecule has 0 N–H and O–H groups in total. The third-order valence-corrected chi connectivity index (χ3v) is 6.92. The highest BCUT2D eigenvalue weighted by molar-refractivity contribution is 5.96. The molecule has 2 aliphatic heterocycles. The molecule has 2 fully saturated rings. The zero-order chi connectivity index (χ0) is 22.9. The second-order valence-electron chi connectivity index (χ2n) is 8.31. The van der Waals surface area contributed by atoms with Crippen LogP contribution in [0.25, 0.3) is 0 Å². The van der Waals surface area contributed by atoms with Crippen molar-refractivity contribution in [3.05, 3.63) is 71.3 Å². The number of methoxy groups -OCH3 is 2. The van der Waals surface area contributed by atoms with E-state index in [0.717, 1.165) is 6.42 Å². The van der Waals surface area contributed by atoms with E-state index in [4.69, 9.17) is 14.2 Å². The molecule has 0 aliphatic carbocycles. The molecule has 2 bridgehead atoms. The maximum atomic E-state index is 13.6. The van der Waals surface area contributed by atoms with Crippen molar-refractivity contribution in [3.63, 3.8) is 0 Å². The lowest BCUT2D eigenvalue weighted by Crippen LogP contribution is -2.65. The fraction of sp³-hybridized carbons (Fsp3) is 0.400. The first kappa shape index (κ1) is 22.0. The summed E-state index contributed by atoms with van der Waals surface area (Å²) in [5.41, 5.74) is -0.244. The molecule has 7 heteroatoms. The van der Waals surface area contributed by atoms with Gasteiger partial charge < -0.3 is 14.2 Å². The molecule has 0 unspecified atom stereocenters. The fourth-order valence-corrected chi connectivity index (χ4v) is 5.44. The van der Waals surface area contributed by atoms with Crippen LogP contribution in [-0.4, -0.2) is 62.3 Å². The standard InChI is InChI=1S/C25H27NO6/c1-26-17-13-14-20(26)25(24(29)31-3,19-12-8-7-11-18(19)23(28)30-2)21(15-17)32-22(27)16-9-5-4-6-10-16/h4-12,17,20-21H,13-15H2,1-3H3/t17-,20+,21+,25-/m1/s1. The monoisotopic (exact) mass is 437 g/mol. The van der Waals surface area contributed by atoms with Crippen molar-refractivity contribution in [2.75, 3.05) is 21.3 Å². The number of carbonyl (C=O) groups is 3. The van der Waals surface area contributed by atoms with Gasteiger partial charge in [0.25, 0.3) is 0 Å². The molecule has 2 aromatic rings. The maximum Gasteiger partial charge on any atom is 0.338 e. The lowest BCUT2D eigenvalue weighted by Gasteiger charge is -2.50. The molecule has 4 rings (SSSR count). The van der Waals surface area contributed by atoms with Crippen molar-refractivity contribution in [1.29, 1.82) is 0 Å². The predicted octanol–water partition coefficient (Wildman–Crippen LogP) is 2.98. The zero-order valence-electron chi connectivity index (χ0n) is 18.4. The molecule has 168 valence electrons. The number of benzene rings is 2. The molecule has 0 spiro atoms. The zero-order valence-corrected chi connectivity index (χ0v) is 18.4. The molecular weight excluding hydrogens is 410 g/mol. The van der Waals surface area contributed by atoms with E-state index in [1.165, 1.54) is 14.2 Å². The average molecular weight is 437 g/mol. The van der Waals surface area contributed by atoms with Gasteiger partial charge in [-0.1, -0.05) is 36.4 Å². The van der Waals surface area contributed by atoms with Crippen molar-refractivity contribution < 1.29 is 28.6 Å². The summed E-state index contributed by atoms with van der Waals surface area (Å²) in [6.45, 7) is 0. The summed E-state index contributed by atoms with van der Waals surface area (Å²) >= 11 is 0. The molecule has 32 heavy (non-hydrogen) atoms. The Morgan fingerprint density at radius 1 is 0.906 bits per heavy atom. The normalized spacial score (nSPS) is 26.9. The number of hydrogen-bond donors (Lipinski definition) is 0. The fourth-order valence-electron chi connectivity index (χ4n) is 5.44. The Balaban J connectivity index is 1.89. The minimum atomic E-state index is -1.37. The van der Waals surface area contributed by atoms with Crippen LogP contribution in [0.15, 0.2) is 54.6 Å². The average Bonchev–Trinajstić information content (AvgIpc) is 3.10. The van der Waals surface area contributed by atoms with Gasteiger partial charge in [-0.2, -0.15) is 0 Å². The number of piperidine rings is 1. The van der Waals surface area contributed by atoms with Gasteiger partial charge in [-0.25, -0.2) is 9.59 Å². The van der Waals surface area contributed by atoms with Gasteiger partial charge in [0, 0.05) is 18.5 Å². The van der Waals surface area contributed by atoms with E-state index in [9.17, 15) is 14.4 Å². The number of esters is 3. The summed E-state index contributed by atoms with van der Waals surface area (Å²) in [4.78, 5) is 41.5. The topological polar surface area (TPSA) is 82.1 Å². The molecule has 2 saturated heterocycles. The summed E-state index contributed by atoms with van der Waals surface area (Å²) in [6, 6.07) is 15.4. The predicted molar refractivity (Wildman–Crippen MR) is 116 cm³/mol. The highest BCUT2D eigenvalue weighted by Crippen LogP contribution is 2.50. The number of rotatable bonds is 5. The lowest BCUT2D eigenvalue weighted by atomic mass is 9.65. The summed E-state index contributed by atoms with van der Waals surface area (Å²) in [6.07, 6.45) is 1.23. The minimum Gasteiger partial charge on any atom is -0.468 e. The van der Waals surface area contributed by atoms with Crippen LogP contribution in [0.1, 0.15) is 45.5 Å². The summed E-state index contributed by atoms with van der Waals surface area (Å²) in [5, 5.41) is 0. The molecule has 0 saturated carbocycles. The van der Waals surface area contributed by atoms with Crippen LogP contribution in [-0.2, 0) is 24.4 Å². The first-order chi connectivity index (χ1) is 15.4. The number of ether oxygens (including phenoxy) is 3. The maximum absolute atomic E-state index is 13.6. The SMILES string of the molecule is COC(=O)c1ccccc1[C@]1(C(=O)OC)[C@@H](OC(=O)c2ccccc2)C[C@H]2CC[C@@H]1N2C. The van der Waals surface area contributed by atoms with Gasteiger partial charge >= 0.3 is 17.9 Å². The number of likely N-dealkylation sites (N-methyl/N-ethyl adjacent to an activating group) is 1. The summed E-state index contributed by atoms with van der Waals surface area (Å²) in [5.74, 6) is -1.60. The van der Waals surface area contributed by atoms with Gasteiger partial charge in [-0.15, -0.1) is 0 Å². The van der Waals surface area contributed by atoms with Crippen LogP contribution in [0, 0.1) is 0 Å². The van der Waals surface area contributed by atoms with Gasteiger partial charge in [-0.05, 0) is 43.7 Å². The number of carbonyl (C=O) groups excluding carboxylic acids is 3. The van der Waals surface area contributed by atoms with E-state index >= 15 is 0 Å². The molecular formula is C25H27NO6. The second kappa shape index (κ2) is 8.74. The molecule has 2 heterocycles. The second-order valence-corrected chi connectivity index (χ2v) is 8.31. The Labute approximate surface area is 187 Å². The van der Waals surface area contributed by atoms with Gasteiger partial charge in [0.2, 0.25) is 0 Å². The third-order valence-electron chi connectivity index (χ3n) is 6.92. The van der Waals surface area contributed by atoms with E-state index in [0.29, 0.717) is 24.0 Å². The highest BCUT2D eigenvalue weighted by atomic mass is 16.6. The highest BCUT2D eigenvalue weighted by Gasteiger charge is 2.64. The van der Waals surface area contributed by atoms with E-state index in [1.807, 2.05) is 13.1 Å². The van der Waals surface area contributed by atoms with Crippen LogP contribution in [0.4, 0.5) is 0 Å². The Morgan fingerprint density at radius 3 is 2.28 bits per heavy atom. The Kier molecular flexibility index (Phi) is 6.02. The van der Waals surface area contributed by atoms with Crippen molar-refractivity contribution in [3.8, 4) is 0 Å². The van der Waals surface area contributed by atoms with E-state index in [-0.39, 0.29) is 17.6 Å². The van der Waals surface area contributed by atoms with Crippen LogP contribution < -0.4 is 0 Å². The molecule has 7 nitrogen and oxygen atoms in total. The van der Waals surface area contributed by atoms with Gasteiger partial charge in [0.15, 0.2) is 0 Å². The lowest BCUT2D eigenvalue weighted by molar-refractivity contribution is -0.161. The Morgan fingerprint density at radius 2 is 1.59 bits per heavy atom. The van der Waals surface area contributed by atoms with Crippen molar-refractivity contribution in [1.82, 2.24) is 4.90 Å². The first-order valence-corrected chi connectivity index (χ1v) is 10.7. The molecule has 0 aromatic heterocycles. The molecule has 0 amide bonds. The van der Waals surface area contributed by atoms with E-state index in [1.54, 1.807) is 48.5 Å². The van der Waals surface area contributed by atoms with Crippen LogP contribution in [0.2, 0.25) is 0 Å². The number of fused-ring (bicyclic) bond motifs is 2. The van der Waals surface area contributed by atoms with Crippen molar-refractivity contribution in [2.45, 2.75) is 42.9 Å². The Hall–Kier alpha value is -3.19. The van der Waals surface area contributed by atoms with Gasteiger partial charge in [-0.3, -0.25) is 9.69 Å². The van der Waals surface area contributed by atoms with E-state index < -0.39 is 29.4 Å². The van der Waals surface area contributed by atoms with Gasteiger partial charge in [0.1, 0.15) is 11.5 Å². The molecule has 2 aromatic carbocycles. The minimum absolute atomic E-state index is 0.164. The first-order valence-electron chi connectivity index (χ1n) is 10.7. The van der Waals surface area contributed by atoms with Gasteiger partial charge in [0.05, 0.1) is 25.3 Å². The quantitative estimate of drug-likeness (QED) is 0.525. The number of hydrogen-bond acceptors (Lipinski definition) is 7. The Bertz CT molecular complexity index is 1020. The van der Waals surface area contributed by atoms with Crippen LogP contribution >= 0.6 is 0 Å². The molecule has 2 aliphatic rings. The number of nitrogens with zero attached hydrogens (tertiary/aromatic N) is 1. The summed E-state index contributed by atoms with van der Waals surface area (Å²) < 4.78 is 16.4. The van der Waals surface area contributed by atoms with Crippen molar-refractivity contribution >= 4 is 17.9 Å². The smallest absolute Gasteiger partial charge is 0.338 e. The molecule has 4 atom stereocenters.